The fourth-order valence-corrected chi connectivity index (χ4v) is 2.00. The third-order valence-electron chi connectivity index (χ3n) is 2.70. The quantitative estimate of drug-likeness (QED) is 0.574. The fourth-order valence-electron chi connectivity index (χ4n) is 1.75. The summed E-state index contributed by atoms with van der Waals surface area (Å²) in [6.45, 7) is 5.81. The van der Waals surface area contributed by atoms with Gasteiger partial charge in [-0.15, -0.1) is 6.58 Å². The van der Waals surface area contributed by atoms with E-state index in [0.29, 0.717) is 0 Å². The zero-order valence-electron chi connectivity index (χ0n) is 11.8. The highest BCUT2D eigenvalue weighted by molar-refractivity contribution is 6.33. The molecule has 0 saturated carbocycles. The Balaban J connectivity index is 2.87. The van der Waals surface area contributed by atoms with E-state index in [9.17, 15) is 14.0 Å². The van der Waals surface area contributed by atoms with Crippen molar-refractivity contribution in [2.24, 2.45) is 0 Å². The molecule has 1 aromatic carbocycles. The first kappa shape index (κ1) is 17.2. The van der Waals surface area contributed by atoms with E-state index in [1.807, 2.05) is 0 Å². The maximum atomic E-state index is 13.8. The number of rotatable bonds is 7. The number of hydrogen-bond donors (Lipinski definition) is 0. The molecule has 0 unspecified atom stereocenters. The highest BCUT2D eigenvalue weighted by Crippen LogP contribution is 2.21. The third-order valence-corrected chi connectivity index (χ3v) is 3.02. The molecule has 0 aliphatic carbocycles. The summed E-state index contributed by atoms with van der Waals surface area (Å²) in [5.74, 6) is -1.70. The summed E-state index contributed by atoms with van der Waals surface area (Å²) in [5.41, 5.74) is -0.204. The van der Waals surface area contributed by atoms with Crippen LogP contribution in [0.1, 0.15) is 23.7 Å². The average Bonchev–Trinajstić information content (AvgIpc) is 2.43. The Labute approximate surface area is 128 Å². The average molecular weight is 314 g/mol. The summed E-state index contributed by atoms with van der Waals surface area (Å²) < 4.78 is 18.6. The van der Waals surface area contributed by atoms with Gasteiger partial charge in [-0.3, -0.25) is 9.59 Å². The summed E-state index contributed by atoms with van der Waals surface area (Å²) in [7, 11) is 0. The number of amides is 1. The van der Waals surface area contributed by atoms with Gasteiger partial charge in [-0.05, 0) is 19.1 Å². The first-order chi connectivity index (χ1) is 10.0. The third kappa shape index (κ3) is 4.86. The van der Waals surface area contributed by atoms with Gasteiger partial charge < -0.3 is 9.64 Å². The molecule has 4 nitrogen and oxygen atoms in total. The summed E-state index contributed by atoms with van der Waals surface area (Å²) in [6, 6.07) is 4.02. The number of carbonyl (C=O) groups excluding carboxylic acids is 2. The number of nitrogens with zero attached hydrogens (tertiary/aromatic N) is 1. The number of carbonyl (C=O) groups is 2. The van der Waals surface area contributed by atoms with Crippen LogP contribution in [0.4, 0.5) is 4.39 Å². The molecule has 0 radical (unpaired) electrons. The Kier molecular flexibility index (Phi) is 6.88. The standard InChI is InChI=1S/C15H17ClFNO3/c1-3-9-18(10-8-13(19)21-4-2)15(20)14-11(16)6-5-7-12(14)17/h3,5-7H,1,4,8-10H2,2H3. The van der Waals surface area contributed by atoms with Gasteiger partial charge in [0, 0.05) is 13.1 Å². The minimum absolute atomic E-state index is 0.0273. The Bertz CT molecular complexity index is 513. The maximum absolute atomic E-state index is 13.8. The van der Waals surface area contributed by atoms with Crippen LogP contribution in [-0.2, 0) is 9.53 Å². The van der Waals surface area contributed by atoms with Gasteiger partial charge in [0.25, 0.3) is 5.91 Å². The first-order valence-electron chi connectivity index (χ1n) is 6.51. The van der Waals surface area contributed by atoms with Gasteiger partial charge in [0.15, 0.2) is 0 Å². The largest absolute Gasteiger partial charge is 0.466 e. The molecule has 0 N–H and O–H groups in total. The van der Waals surface area contributed by atoms with Gasteiger partial charge >= 0.3 is 5.97 Å². The van der Waals surface area contributed by atoms with E-state index in [1.54, 1.807) is 6.92 Å². The molecule has 0 aromatic heterocycles. The molecule has 0 atom stereocenters. The van der Waals surface area contributed by atoms with Crippen LogP contribution in [0.15, 0.2) is 30.9 Å². The van der Waals surface area contributed by atoms with E-state index >= 15 is 0 Å². The summed E-state index contributed by atoms with van der Waals surface area (Å²) in [4.78, 5) is 25.0. The van der Waals surface area contributed by atoms with Crippen molar-refractivity contribution in [3.05, 3.63) is 47.3 Å². The van der Waals surface area contributed by atoms with Gasteiger partial charge in [-0.25, -0.2) is 4.39 Å². The Hall–Kier alpha value is -1.88. The van der Waals surface area contributed by atoms with Crippen molar-refractivity contribution in [2.75, 3.05) is 19.7 Å². The molecule has 0 fully saturated rings. The van der Waals surface area contributed by atoms with Crippen LogP contribution in [0.2, 0.25) is 5.02 Å². The number of benzene rings is 1. The van der Waals surface area contributed by atoms with E-state index in [1.165, 1.54) is 23.1 Å². The normalized spacial score (nSPS) is 10.0. The second kappa shape index (κ2) is 8.42. The number of esters is 1. The maximum Gasteiger partial charge on any atom is 0.307 e. The minimum Gasteiger partial charge on any atom is -0.466 e. The van der Waals surface area contributed by atoms with Crippen molar-refractivity contribution < 1.29 is 18.7 Å². The van der Waals surface area contributed by atoms with E-state index in [2.05, 4.69) is 6.58 Å². The van der Waals surface area contributed by atoms with Crippen LogP contribution in [0.25, 0.3) is 0 Å². The van der Waals surface area contributed by atoms with Crippen molar-refractivity contribution in [2.45, 2.75) is 13.3 Å². The Morgan fingerprint density at radius 3 is 2.76 bits per heavy atom. The van der Waals surface area contributed by atoms with Crippen LogP contribution in [-0.4, -0.2) is 36.5 Å². The van der Waals surface area contributed by atoms with E-state index in [-0.39, 0.29) is 36.7 Å². The molecule has 0 spiro atoms. The highest BCUT2D eigenvalue weighted by Gasteiger charge is 2.22. The molecule has 0 aliphatic rings. The number of hydrogen-bond acceptors (Lipinski definition) is 3. The molecule has 21 heavy (non-hydrogen) atoms. The lowest BCUT2D eigenvalue weighted by molar-refractivity contribution is -0.143. The van der Waals surface area contributed by atoms with Crippen molar-refractivity contribution >= 4 is 23.5 Å². The van der Waals surface area contributed by atoms with Gasteiger partial charge in [-0.1, -0.05) is 23.7 Å². The predicted molar refractivity (Wildman–Crippen MR) is 78.8 cm³/mol. The van der Waals surface area contributed by atoms with Gasteiger partial charge in [0.2, 0.25) is 0 Å². The van der Waals surface area contributed by atoms with Crippen molar-refractivity contribution in [1.82, 2.24) is 4.90 Å². The zero-order chi connectivity index (χ0) is 15.8. The molecule has 114 valence electrons. The van der Waals surface area contributed by atoms with Gasteiger partial charge in [0.05, 0.1) is 23.6 Å². The lowest BCUT2D eigenvalue weighted by Gasteiger charge is -2.21. The number of ether oxygens (including phenoxy) is 1. The molecule has 1 rings (SSSR count). The zero-order valence-corrected chi connectivity index (χ0v) is 12.5. The Morgan fingerprint density at radius 2 is 2.19 bits per heavy atom. The summed E-state index contributed by atoms with van der Waals surface area (Å²) in [6.07, 6.45) is 1.53. The van der Waals surface area contributed by atoms with Crippen LogP contribution in [0.5, 0.6) is 0 Å². The fraction of sp³-hybridized carbons (Fsp3) is 0.333. The van der Waals surface area contributed by atoms with Crippen molar-refractivity contribution in [3.63, 3.8) is 0 Å². The highest BCUT2D eigenvalue weighted by atomic mass is 35.5. The van der Waals surface area contributed by atoms with Crippen LogP contribution >= 0.6 is 11.6 Å². The predicted octanol–water partition coefficient (Wildman–Crippen LogP) is 3.06. The lowest BCUT2D eigenvalue weighted by atomic mass is 10.1. The Morgan fingerprint density at radius 1 is 1.48 bits per heavy atom. The van der Waals surface area contributed by atoms with Gasteiger partial charge in [0.1, 0.15) is 5.82 Å². The molecule has 0 bridgehead atoms. The molecule has 0 heterocycles. The van der Waals surface area contributed by atoms with Crippen LogP contribution in [0, 0.1) is 5.82 Å². The smallest absolute Gasteiger partial charge is 0.307 e. The van der Waals surface area contributed by atoms with Crippen LogP contribution in [0.3, 0.4) is 0 Å². The summed E-state index contributed by atoms with van der Waals surface area (Å²) >= 11 is 5.88. The van der Waals surface area contributed by atoms with Crippen LogP contribution < -0.4 is 0 Å². The monoisotopic (exact) mass is 313 g/mol. The second-order valence-corrected chi connectivity index (χ2v) is 4.60. The molecular formula is C15H17ClFNO3. The number of halogens is 2. The lowest BCUT2D eigenvalue weighted by Crippen LogP contribution is -2.34. The molecule has 6 heteroatoms. The molecule has 1 amide bonds. The van der Waals surface area contributed by atoms with Gasteiger partial charge in [-0.2, -0.15) is 0 Å². The van der Waals surface area contributed by atoms with Crippen molar-refractivity contribution in [3.8, 4) is 0 Å². The van der Waals surface area contributed by atoms with E-state index in [0.717, 1.165) is 6.07 Å². The van der Waals surface area contributed by atoms with E-state index in [4.69, 9.17) is 16.3 Å². The SMILES string of the molecule is C=CCN(CCC(=O)OCC)C(=O)c1c(F)cccc1Cl. The molecule has 1 aromatic rings. The topological polar surface area (TPSA) is 46.6 Å². The second-order valence-electron chi connectivity index (χ2n) is 4.19. The molecule has 0 aliphatic heterocycles. The minimum atomic E-state index is -0.697. The van der Waals surface area contributed by atoms with Crippen molar-refractivity contribution in [1.29, 1.82) is 0 Å². The molecule has 0 saturated heterocycles. The molecular weight excluding hydrogens is 297 g/mol. The first-order valence-corrected chi connectivity index (χ1v) is 6.88. The van der Waals surface area contributed by atoms with E-state index < -0.39 is 17.7 Å². The summed E-state index contributed by atoms with van der Waals surface area (Å²) in [5, 5.41) is 0.0326.